The summed E-state index contributed by atoms with van der Waals surface area (Å²) < 4.78 is 22.0. The molecule has 0 amide bonds. The Balaban J connectivity index is 3.49. The van der Waals surface area contributed by atoms with Crippen LogP contribution in [0.3, 0.4) is 0 Å². The van der Waals surface area contributed by atoms with Crippen molar-refractivity contribution in [2.24, 2.45) is 11.8 Å². The zero-order valence-electron chi connectivity index (χ0n) is 12.0. The highest BCUT2D eigenvalue weighted by atomic mass is 31.1. The first-order valence-electron chi connectivity index (χ1n) is 6.57. The van der Waals surface area contributed by atoms with E-state index in [4.69, 9.17) is 9.47 Å². The molecule has 1 unspecified atom stereocenters. The molecule has 0 aliphatic heterocycles. The van der Waals surface area contributed by atoms with E-state index >= 15 is 0 Å². The predicted octanol–water partition coefficient (Wildman–Crippen LogP) is 3.08. The Hall–Kier alpha value is -0.470. The van der Waals surface area contributed by atoms with Gasteiger partial charge in [0.25, 0.3) is 0 Å². The Morgan fingerprint density at radius 2 is 1.67 bits per heavy atom. The normalized spacial score (nSPS) is 12.0. The van der Waals surface area contributed by atoms with Gasteiger partial charge < -0.3 is 9.47 Å². The van der Waals surface area contributed by atoms with Gasteiger partial charge in [-0.05, 0) is 11.8 Å². The molecule has 0 aromatic heterocycles. The van der Waals surface area contributed by atoms with Crippen LogP contribution >= 0.6 is 7.80 Å². The summed E-state index contributed by atoms with van der Waals surface area (Å²) in [6.07, 6.45) is 1.17. The van der Waals surface area contributed by atoms with Gasteiger partial charge in [-0.15, -0.1) is 0 Å². The largest absolute Gasteiger partial charge is 0.465 e. The first kappa shape index (κ1) is 17.5. The van der Waals surface area contributed by atoms with E-state index < -0.39 is 7.80 Å². The minimum atomic E-state index is -1.35. The molecule has 1 atom stereocenters. The lowest BCUT2D eigenvalue weighted by atomic mass is 10.2. The van der Waals surface area contributed by atoms with E-state index in [1.807, 2.05) is 13.8 Å². The van der Waals surface area contributed by atoms with Crippen molar-refractivity contribution >= 4 is 13.8 Å². The Morgan fingerprint density at radius 3 is 2.22 bits per heavy atom. The molecule has 0 fully saturated rings. The van der Waals surface area contributed by atoms with E-state index in [9.17, 15) is 9.36 Å². The van der Waals surface area contributed by atoms with Crippen LogP contribution in [0.5, 0.6) is 0 Å². The summed E-state index contributed by atoms with van der Waals surface area (Å²) in [5, 5.41) is 0. The second kappa shape index (κ2) is 10.5. The molecule has 5 heteroatoms. The van der Waals surface area contributed by atoms with Crippen molar-refractivity contribution in [3.05, 3.63) is 0 Å². The molecule has 106 valence electrons. The van der Waals surface area contributed by atoms with Gasteiger partial charge in [-0.25, -0.2) is 0 Å². The molecule has 0 aliphatic carbocycles. The highest BCUT2D eigenvalue weighted by Crippen LogP contribution is 2.21. The smallest absolute Gasteiger partial charge is 0.341 e. The lowest BCUT2D eigenvalue weighted by molar-refractivity contribution is -0.144. The number of carbonyl (C=O) groups is 1. The molecule has 0 heterocycles. The van der Waals surface area contributed by atoms with Crippen molar-refractivity contribution < 1.29 is 18.8 Å². The van der Waals surface area contributed by atoms with Gasteiger partial charge in [-0.3, -0.25) is 4.79 Å². The van der Waals surface area contributed by atoms with Gasteiger partial charge in [0.2, 0.25) is 0 Å². The maximum atomic E-state index is 11.6. The number of esters is 1. The van der Waals surface area contributed by atoms with Crippen molar-refractivity contribution in [1.29, 1.82) is 0 Å². The standard InChI is InChI=1S/C13H26O4P/c1-11(2)9-16-6-8-18(15)7-5-13(14)17-10-12(3)4/h11-12H,5-10H2,1-4H3/q+1. The summed E-state index contributed by atoms with van der Waals surface area (Å²) in [4.78, 5) is 11.3. The molecule has 0 rings (SSSR count). The predicted molar refractivity (Wildman–Crippen MR) is 73.4 cm³/mol. The minimum absolute atomic E-state index is 0.242. The number of carbonyl (C=O) groups excluding carboxylic acids is 1. The summed E-state index contributed by atoms with van der Waals surface area (Å²) in [6, 6.07) is 0. The number of hydrogen-bond donors (Lipinski definition) is 0. The Labute approximate surface area is 111 Å². The summed E-state index contributed by atoms with van der Waals surface area (Å²) in [5.41, 5.74) is 0. The molecule has 0 saturated carbocycles. The third-order valence-electron chi connectivity index (χ3n) is 2.08. The van der Waals surface area contributed by atoms with Crippen LogP contribution in [-0.4, -0.2) is 38.1 Å². The van der Waals surface area contributed by atoms with Gasteiger partial charge in [0, 0.05) is 6.61 Å². The Kier molecular flexibility index (Phi) is 10.2. The third-order valence-corrected chi connectivity index (χ3v) is 3.48. The first-order chi connectivity index (χ1) is 8.41. The summed E-state index contributed by atoms with van der Waals surface area (Å²) in [5.74, 6) is 0.580. The highest BCUT2D eigenvalue weighted by Gasteiger charge is 2.18. The molecule has 0 radical (unpaired) electrons. The van der Waals surface area contributed by atoms with E-state index in [2.05, 4.69) is 13.8 Å². The zero-order chi connectivity index (χ0) is 14.0. The molecule has 0 spiro atoms. The van der Waals surface area contributed by atoms with Crippen LogP contribution in [0.2, 0.25) is 0 Å². The van der Waals surface area contributed by atoms with Crippen molar-refractivity contribution in [2.45, 2.75) is 34.1 Å². The van der Waals surface area contributed by atoms with Crippen molar-refractivity contribution in [3.63, 3.8) is 0 Å². The summed E-state index contributed by atoms with van der Waals surface area (Å²) >= 11 is 0. The highest BCUT2D eigenvalue weighted by molar-refractivity contribution is 7.44. The van der Waals surface area contributed by atoms with Crippen LogP contribution in [0.15, 0.2) is 0 Å². The number of ether oxygens (including phenoxy) is 2. The van der Waals surface area contributed by atoms with Gasteiger partial charge in [-0.2, -0.15) is 0 Å². The number of hydrogen-bond acceptors (Lipinski definition) is 4. The quantitative estimate of drug-likeness (QED) is 0.350. The van der Waals surface area contributed by atoms with Crippen molar-refractivity contribution in [2.75, 3.05) is 32.1 Å². The maximum Gasteiger partial charge on any atom is 0.341 e. The maximum absolute atomic E-state index is 11.6. The molecule has 0 bridgehead atoms. The molecule has 18 heavy (non-hydrogen) atoms. The average Bonchev–Trinajstić information content (AvgIpc) is 2.29. The van der Waals surface area contributed by atoms with Crippen LogP contribution in [0, 0.1) is 11.8 Å². The molecule has 0 saturated heterocycles. The second-order valence-corrected chi connectivity index (χ2v) is 7.08. The minimum Gasteiger partial charge on any atom is -0.465 e. The van der Waals surface area contributed by atoms with Crippen LogP contribution < -0.4 is 0 Å². The molecule has 0 N–H and O–H groups in total. The monoisotopic (exact) mass is 277 g/mol. The Bertz CT molecular complexity index is 251. The molecular formula is C13H26O4P+. The van der Waals surface area contributed by atoms with Gasteiger partial charge in [0.05, 0.1) is 19.6 Å². The molecule has 0 aromatic rings. The van der Waals surface area contributed by atoms with E-state index in [0.29, 0.717) is 44.0 Å². The first-order valence-corrected chi connectivity index (χ1v) is 8.20. The lowest BCUT2D eigenvalue weighted by Crippen LogP contribution is -2.11. The molecular weight excluding hydrogens is 251 g/mol. The van der Waals surface area contributed by atoms with Crippen LogP contribution in [-0.2, 0) is 18.8 Å². The van der Waals surface area contributed by atoms with Crippen molar-refractivity contribution in [1.82, 2.24) is 0 Å². The van der Waals surface area contributed by atoms with E-state index in [-0.39, 0.29) is 12.4 Å². The van der Waals surface area contributed by atoms with Crippen LogP contribution in [0.1, 0.15) is 34.1 Å². The van der Waals surface area contributed by atoms with Gasteiger partial charge >= 0.3 is 13.8 Å². The van der Waals surface area contributed by atoms with Gasteiger partial charge in [0.1, 0.15) is 0 Å². The summed E-state index contributed by atoms with van der Waals surface area (Å²) in [6.45, 7) is 9.76. The van der Waals surface area contributed by atoms with E-state index in [1.54, 1.807) is 0 Å². The lowest BCUT2D eigenvalue weighted by Gasteiger charge is -2.05. The fourth-order valence-electron chi connectivity index (χ4n) is 1.14. The average molecular weight is 277 g/mol. The van der Waals surface area contributed by atoms with E-state index in [0.717, 1.165) is 0 Å². The zero-order valence-corrected chi connectivity index (χ0v) is 12.9. The fraction of sp³-hybridized carbons (Fsp3) is 0.923. The molecule has 0 aliphatic rings. The Morgan fingerprint density at radius 1 is 1.06 bits per heavy atom. The third kappa shape index (κ3) is 12.0. The van der Waals surface area contributed by atoms with E-state index in [1.165, 1.54) is 0 Å². The topological polar surface area (TPSA) is 52.6 Å². The summed E-state index contributed by atoms with van der Waals surface area (Å²) in [7, 11) is -1.35. The second-order valence-electron chi connectivity index (χ2n) is 5.22. The number of rotatable bonds is 10. The SMILES string of the molecule is CC(C)COCC[P+](=O)CCC(=O)OCC(C)C. The van der Waals surface area contributed by atoms with Crippen molar-refractivity contribution in [3.8, 4) is 0 Å². The molecule has 4 nitrogen and oxygen atoms in total. The van der Waals surface area contributed by atoms with Gasteiger partial charge in [-0.1, -0.05) is 32.3 Å². The van der Waals surface area contributed by atoms with Crippen LogP contribution in [0.4, 0.5) is 0 Å². The molecule has 0 aromatic carbocycles. The van der Waals surface area contributed by atoms with Gasteiger partial charge in [0.15, 0.2) is 12.3 Å². The fourth-order valence-corrected chi connectivity index (χ4v) is 2.13. The van der Waals surface area contributed by atoms with Crippen LogP contribution in [0.25, 0.3) is 0 Å².